The summed E-state index contributed by atoms with van der Waals surface area (Å²) in [4.78, 5) is 6.09. The van der Waals surface area contributed by atoms with Crippen molar-refractivity contribution < 1.29 is 21.4 Å². The first-order chi connectivity index (χ1) is 11.7. The first-order valence-corrected chi connectivity index (χ1v) is 11.3. The summed E-state index contributed by atoms with van der Waals surface area (Å²) in [5, 5.41) is 4.36. The van der Waals surface area contributed by atoms with Gasteiger partial charge in [-0.15, -0.1) is 0 Å². The number of hydrogen-bond acceptors (Lipinski definition) is 8. The van der Waals surface area contributed by atoms with Crippen molar-refractivity contribution >= 4 is 31.0 Å². The second-order valence-corrected chi connectivity index (χ2v) is 10.4. The maximum absolute atomic E-state index is 12.8. The fourth-order valence-electron chi connectivity index (χ4n) is 2.70. The molecule has 0 spiro atoms. The molecule has 1 saturated heterocycles. The Morgan fingerprint density at radius 3 is 2.48 bits per heavy atom. The highest BCUT2D eigenvalue weighted by Gasteiger charge is 2.29. The Hall–Kier alpha value is -1.56. The van der Waals surface area contributed by atoms with Crippen LogP contribution in [0.3, 0.4) is 0 Å². The van der Waals surface area contributed by atoms with E-state index in [1.165, 1.54) is 22.8 Å². The molecule has 11 heteroatoms. The van der Waals surface area contributed by atoms with Crippen LogP contribution >= 0.6 is 0 Å². The Labute approximate surface area is 146 Å². The molecular formula is C14H20N4O5S2. The molecule has 3 heterocycles. The van der Waals surface area contributed by atoms with E-state index in [0.29, 0.717) is 49.5 Å². The van der Waals surface area contributed by atoms with Gasteiger partial charge in [-0.1, -0.05) is 5.16 Å². The SMILES string of the molecule is Cc1noc2ncc(S(=O)(=O)N3CCN(CCS(C)(=O)=O)CC3)cc12. The normalized spacial score (nSPS) is 18.0. The third-order valence-corrected chi connectivity index (χ3v) is 7.02. The van der Waals surface area contributed by atoms with Gasteiger partial charge in [0.1, 0.15) is 14.7 Å². The standard InChI is InChI=1S/C14H20N4O5S2/c1-11-13-9-12(10-15-14(13)23-16-11)25(21,22)18-5-3-17(4-6-18)7-8-24(2,19)20/h9-10H,3-8H2,1-2H3. The summed E-state index contributed by atoms with van der Waals surface area (Å²) in [5.74, 6) is 0.0765. The molecule has 0 unspecified atom stereocenters. The van der Waals surface area contributed by atoms with Crippen LogP contribution in [0.4, 0.5) is 0 Å². The van der Waals surface area contributed by atoms with Gasteiger partial charge in [0, 0.05) is 39.0 Å². The van der Waals surface area contributed by atoms with Crippen LogP contribution in [0.15, 0.2) is 21.7 Å². The molecule has 1 aliphatic rings. The zero-order chi connectivity index (χ0) is 18.2. The first kappa shape index (κ1) is 18.2. The molecule has 25 heavy (non-hydrogen) atoms. The molecule has 9 nitrogen and oxygen atoms in total. The monoisotopic (exact) mass is 388 g/mol. The molecule has 1 aliphatic heterocycles. The third kappa shape index (κ3) is 4.00. The average molecular weight is 388 g/mol. The van der Waals surface area contributed by atoms with Gasteiger partial charge >= 0.3 is 0 Å². The molecule has 2 aromatic rings. The van der Waals surface area contributed by atoms with Crippen LogP contribution < -0.4 is 0 Å². The molecule has 138 valence electrons. The predicted octanol–water partition coefficient (Wildman–Crippen LogP) is -0.118. The number of fused-ring (bicyclic) bond motifs is 1. The molecule has 0 saturated carbocycles. The number of pyridine rings is 1. The summed E-state index contributed by atoms with van der Waals surface area (Å²) < 4.78 is 54.5. The van der Waals surface area contributed by atoms with Crippen LogP contribution in [-0.4, -0.2) is 80.9 Å². The molecule has 0 N–H and O–H groups in total. The average Bonchev–Trinajstić information content (AvgIpc) is 2.93. The van der Waals surface area contributed by atoms with Crippen molar-refractivity contribution in [1.29, 1.82) is 0 Å². The minimum atomic E-state index is -3.66. The lowest BCUT2D eigenvalue weighted by Gasteiger charge is -2.33. The van der Waals surface area contributed by atoms with Gasteiger partial charge in [-0.25, -0.2) is 21.8 Å². The predicted molar refractivity (Wildman–Crippen MR) is 91.5 cm³/mol. The summed E-state index contributed by atoms with van der Waals surface area (Å²) in [6, 6.07) is 1.53. The molecule has 0 atom stereocenters. The Morgan fingerprint density at radius 2 is 1.84 bits per heavy atom. The molecule has 0 bridgehead atoms. The van der Waals surface area contributed by atoms with Crippen LogP contribution in [0.5, 0.6) is 0 Å². The Balaban J connectivity index is 1.71. The van der Waals surface area contributed by atoms with E-state index in [-0.39, 0.29) is 10.6 Å². The third-order valence-electron chi connectivity index (χ3n) is 4.23. The van der Waals surface area contributed by atoms with E-state index >= 15 is 0 Å². The summed E-state index contributed by atoms with van der Waals surface area (Å²) in [5.41, 5.74) is 0.896. The number of aryl methyl sites for hydroxylation is 1. The quantitative estimate of drug-likeness (QED) is 0.697. The van der Waals surface area contributed by atoms with Crippen molar-refractivity contribution in [2.24, 2.45) is 0 Å². The lowest BCUT2D eigenvalue weighted by Crippen LogP contribution is -2.49. The molecule has 3 rings (SSSR count). The highest BCUT2D eigenvalue weighted by atomic mass is 32.2. The highest BCUT2D eigenvalue weighted by Crippen LogP contribution is 2.22. The minimum Gasteiger partial charge on any atom is -0.336 e. The van der Waals surface area contributed by atoms with E-state index < -0.39 is 19.9 Å². The zero-order valence-electron chi connectivity index (χ0n) is 14.0. The number of nitrogens with zero attached hydrogens (tertiary/aromatic N) is 4. The van der Waals surface area contributed by atoms with Crippen molar-refractivity contribution in [3.63, 3.8) is 0 Å². The smallest absolute Gasteiger partial charge is 0.257 e. The van der Waals surface area contributed by atoms with E-state index in [1.807, 2.05) is 4.90 Å². The minimum absolute atomic E-state index is 0.0765. The molecule has 1 fully saturated rings. The molecule has 2 aromatic heterocycles. The van der Waals surface area contributed by atoms with Gasteiger partial charge in [-0.3, -0.25) is 4.90 Å². The molecule has 0 radical (unpaired) electrons. The maximum Gasteiger partial charge on any atom is 0.257 e. The number of sulfone groups is 1. The van der Waals surface area contributed by atoms with Gasteiger partial charge in [0.05, 0.1) is 23.0 Å². The Bertz CT molecular complexity index is 976. The molecular weight excluding hydrogens is 368 g/mol. The van der Waals surface area contributed by atoms with E-state index in [1.54, 1.807) is 6.92 Å². The van der Waals surface area contributed by atoms with Gasteiger partial charge in [-0.05, 0) is 13.0 Å². The van der Waals surface area contributed by atoms with Gasteiger partial charge in [0.15, 0.2) is 0 Å². The van der Waals surface area contributed by atoms with Crippen LogP contribution in [0.1, 0.15) is 5.69 Å². The zero-order valence-corrected chi connectivity index (χ0v) is 15.7. The summed E-state index contributed by atoms with van der Waals surface area (Å²) in [6.45, 7) is 3.76. The fourth-order valence-corrected chi connectivity index (χ4v) is 4.69. The summed E-state index contributed by atoms with van der Waals surface area (Å²) in [6.07, 6.45) is 2.47. The van der Waals surface area contributed by atoms with Gasteiger partial charge in [-0.2, -0.15) is 4.31 Å². The van der Waals surface area contributed by atoms with Crippen LogP contribution in [-0.2, 0) is 19.9 Å². The lowest BCUT2D eigenvalue weighted by atomic mass is 10.3. The lowest BCUT2D eigenvalue weighted by molar-refractivity contribution is 0.197. The topological polar surface area (TPSA) is 114 Å². The molecule has 0 aliphatic carbocycles. The maximum atomic E-state index is 12.8. The first-order valence-electron chi connectivity index (χ1n) is 7.79. The second kappa shape index (κ2) is 6.63. The second-order valence-electron chi connectivity index (χ2n) is 6.17. The number of sulfonamides is 1. The van der Waals surface area contributed by atoms with Crippen LogP contribution in [0.25, 0.3) is 11.1 Å². The Kier molecular flexibility index (Phi) is 4.84. The van der Waals surface area contributed by atoms with Crippen molar-refractivity contribution in [2.45, 2.75) is 11.8 Å². The van der Waals surface area contributed by atoms with E-state index in [9.17, 15) is 16.8 Å². The highest BCUT2D eigenvalue weighted by molar-refractivity contribution is 7.90. The van der Waals surface area contributed by atoms with Gasteiger partial charge in [0.2, 0.25) is 10.0 Å². The van der Waals surface area contributed by atoms with E-state index in [4.69, 9.17) is 4.52 Å². The molecule has 0 amide bonds. The van der Waals surface area contributed by atoms with Crippen LogP contribution in [0.2, 0.25) is 0 Å². The van der Waals surface area contributed by atoms with Gasteiger partial charge in [0.25, 0.3) is 5.71 Å². The number of aromatic nitrogens is 2. The van der Waals surface area contributed by atoms with Crippen molar-refractivity contribution in [2.75, 3.05) is 44.7 Å². The van der Waals surface area contributed by atoms with Crippen molar-refractivity contribution in [3.8, 4) is 0 Å². The largest absolute Gasteiger partial charge is 0.336 e. The number of rotatable bonds is 5. The van der Waals surface area contributed by atoms with Crippen LogP contribution in [0, 0.1) is 6.92 Å². The van der Waals surface area contributed by atoms with E-state index in [2.05, 4.69) is 10.1 Å². The number of hydrogen-bond donors (Lipinski definition) is 0. The van der Waals surface area contributed by atoms with Crippen molar-refractivity contribution in [3.05, 3.63) is 18.0 Å². The summed E-state index contributed by atoms with van der Waals surface area (Å²) >= 11 is 0. The van der Waals surface area contributed by atoms with E-state index in [0.717, 1.165) is 0 Å². The Morgan fingerprint density at radius 1 is 1.16 bits per heavy atom. The number of piperazine rings is 1. The molecule has 0 aromatic carbocycles. The van der Waals surface area contributed by atoms with Gasteiger partial charge < -0.3 is 4.52 Å². The van der Waals surface area contributed by atoms with Crippen molar-refractivity contribution in [1.82, 2.24) is 19.3 Å². The summed E-state index contributed by atoms with van der Waals surface area (Å²) in [7, 11) is -6.68. The fraction of sp³-hybridized carbons (Fsp3) is 0.571.